The van der Waals surface area contributed by atoms with Crippen molar-refractivity contribution >= 4 is 10.8 Å². The van der Waals surface area contributed by atoms with Gasteiger partial charge < -0.3 is 4.98 Å². The quantitative estimate of drug-likeness (QED) is 0.266. The molecule has 0 saturated heterocycles. The minimum Gasteiger partial charge on any atom is -0.304 e. The fourth-order valence-corrected chi connectivity index (χ4v) is 3.42. The maximum absolute atomic E-state index is 4.62. The van der Waals surface area contributed by atoms with Gasteiger partial charge in [-0.05, 0) is 51.9 Å². The number of benzene rings is 2. The Morgan fingerprint density at radius 1 is 0.655 bits per heavy atom. The van der Waals surface area contributed by atoms with E-state index in [4.69, 9.17) is 0 Å². The first-order valence-corrected chi connectivity index (χ1v) is 9.10. The van der Waals surface area contributed by atoms with Gasteiger partial charge >= 0.3 is 0 Å². The predicted molar refractivity (Wildman–Crippen MR) is 112 cm³/mol. The van der Waals surface area contributed by atoms with Crippen molar-refractivity contribution in [2.75, 3.05) is 0 Å². The van der Waals surface area contributed by atoms with Gasteiger partial charge in [-0.15, -0.1) is 29.8 Å². The maximum Gasteiger partial charge on any atom is 0.0346 e. The second kappa shape index (κ2) is 8.44. The molecule has 3 nitrogen and oxygen atoms in total. The molecule has 29 heavy (non-hydrogen) atoms. The van der Waals surface area contributed by atoms with Gasteiger partial charge in [0.15, 0.2) is 0 Å². The van der Waals surface area contributed by atoms with Crippen LogP contribution in [0.2, 0.25) is 0 Å². The Morgan fingerprint density at radius 3 is 2.31 bits per heavy atom. The Balaban J connectivity index is 0.00000205. The molecule has 0 spiro atoms. The van der Waals surface area contributed by atoms with Crippen molar-refractivity contribution in [1.29, 1.82) is 0 Å². The van der Waals surface area contributed by atoms with E-state index in [1.807, 2.05) is 55.0 Å². The Morgan fingerprint density at radius 2 is 1.45 bits per heavy atom. The van der Waals surface area contributed by atoms with Gasteiger partial charge in [-0.25, -0.2) is 0 Å². The number of nitrogens with zero attached hydrogens (tertiary/aromatic N) is 3. The average Bonchev–Trinajstić information content (AvgIpc) is 2.79. The van der Waals surface area contributed by atoms with Crippen molar-refractivity contribution in [1.82, 2.24) is 15.0 Å². The van der Waals surface area contributed by atoms with E-state index >= 15 is 0 Å². The molecule has 0 aliphatic heterocycles. The second-order valence-electron chi connectivity index (χ2n) is 6.57. The molecule has 1 radical (unpaired) electrons. The monoisotopic (exact) mass is 551 g/mol. The van der Waals surface area contributed by atoms with Gasteiger partial charge in [0.25, 0.3) is 0 Å². The van der Waals surface area contributed by atoms with E-state index in [2.05, 4.69) is 51.4 Å². The summed E-state index contributed by atoms with van der Waals surface area (Å²) in [7, 11) is 0. The molecule has 0 aliphatic carbocycles. The summed E-state index contributed by atoms with van der Waals surface area (Å²) >= 11 is 0. The average molecular weight is 551 g/mol. The number of aromatic nitrogens is 3. The van der Waals surface area contributed by atoms with Gasteiger partial charge in [0.2, 0.25) is 0 Å². The summed E-state index contributed by atoms with van der Waals surface area (Å²) in [4.78, 5) is 13.2. The first-order valence-electron chi connectivity index (χ1n) is 9.10. The molecule has 5 aromatic rings. The second-order valence-corrected chi connectivity index (χ2v) is 6.57. The molecular formula is C25H16IrN3-. The summed E-state index contributed by atoms with van der Waals surface area (Å²) in [6, 6.07) is 25.9. The standard InChI is InChI=1S/C25H16N3.Ir/c1-2-7-24-19(4-1)10-13-28-25(24)21-6-3-5-20(14-21)23-15-22(16-27-17-23)18-8-11-26-12-9-18;/h1-5,7-17H;/q-1;. The minimum absolute atomic E-state index is 0. The van der Waals surface area contributed by atoms with Crippen LogP contribution in [-0.2, 0) is 20.1 Å². The molecule has 0 atom stereocenters. The third-order valence-corrected chi connectivity index (χ3v) is 4.82. The molecule has 0 aliphatic rings. The van der Waals surface area contributed by atoms with E-state index in [0.29, 0.717) is 0 Å². The molecule has 3 aromatic heterocycles. The van der Waals surface area contributed by atoms with Gasteiger partial charge in [-0.2, -0.15) is 0 Å². The van der Waals surface area contributed by atoms with Crippen molar-refractivity contribution in [2.24, 2.45) is 0 Å². The zero-order valence-electron chi connectivity index (χ0n) is 15.4. The van der Waals surface area contributed by atoms with Crippen LogP contribution < -0.4 is 0 Å². The summed E-state index contributed by atoms with van der Waals surface area (Å²) in [5.41, 5.74) is 6.24. The van der Waals surface area contributed by atoms with Crippen LogP contribution in [0.15, 0.2) is 97.7 Å². The molecule has 0 saturated carbocycles. The summed E-state index contributed by atoms with van der Waals surface area (Å²) in [5.74, 6) is 0. The van der Waals surface area contributed by atoms with Crippen molar-refractivity contribution in [3.63, 3.8) is 0 Å². The van der Waals surface area contributed by atoms with Crippen LogP contribution in [0.4, 0.5) is 0 Å². The SMILES string of the molecule is [Ir].[c-]1ccc(-c2cncc(-c3ccncc3)c2)cc1-c1nccc2ccccc12. The molecule has 0 N–H and O–H groups in total. The van der Waals surface area contributed by atoms with Crippen LogP contribution in [-0.4, -0.2) is 15.0 Å². The normalized spacial score (nSPS) is 10.5. The third kappa shape index (κ3) is 3.86. The van der Waals surface area contributed by atoms with Crippen LogP contribution in [0.1, 0.15) is 0 Å². The van der Waals surface area contributed by atoms with E-state index in [-0.39, 0.29) is 20.1 Å². The molecule has 0 amide bonds. The van der Waals surface area contributed by atoms with Gasteiger partial charge in [-0.3, -0.25) is 9.97 Å². The topological polar surface area (TPSA) is 38.7 Å². The van der Waals surface area contributed by atoms with E-state index in [0.717, 1.165) is 38.9 Å². The first kappa shape index (κ1) is 19.1. The maximum atomic E-state index is 4.62. The zero-order valence-corrected chi connectivity index (χ0v) is 17.8. The summed E-state index contributed by atoms with van der Waals surface area (Å²) in [6.45, 7) is 0. The molecule has 2 aromatic carbocycles. The van der Waals surface area contributed by atoms with Crippen LogP contribution in [0.5, 0.6) is 0 Å². The van der Waals surface area contributed by atoms with Crippen LogP contribution >= 0.6 is 0 Å². The van der Waals surface area contributed by atoms with Crippen molar-refractivity contribution in [3.8, 4) is 33.5 Å². The predicted octanol–water partition coefficient (Wildman–Crippen LogP) is 5.82. The Labute approximate surface area is 182 Å². The molecule has 3 heterocycles. The number of pyridine rings is 3. The van der Waals surface area contributed by atoms with Crippen LogP contribution in [0.3, 0.4) is 0 Å². The summed E-state index contributed by atoms with van der Waals surface area (Å²) in [6.07, 6.45) is 9.21. The molecule has 5 rings (SSSR count). The number of hydrogen-bond acceptors (Lipinski definition) is 3. The van der Waals surface area contributed by atoms with Crippen molar-refractivity contribution in [2.45, 2.75) is 0 Å². The van der Waals surface area contributed by atoms with Crippen LogP contribution in [0.25, 0.3) is 44.3 Å². The van der Waals surface area contributed by atoms with E-state index in [1.165, 1.54) is 5.39 Å². The summed E-state index contributed by atoms with van der Waals surface area (Å²) < 4.78 is 0. The summed E-state index contributed by atoms with van der Waals surface area (Å²) in [5, 5.41) is 2.30. The molecule has 0 unspecified atom stereocenters. The van der Waals surface area contributed by atoms with E-state index in [1.54, 1.807) is 12.4 Å². The van der Waals surface area contributed by atoms with Gasteiger partial charge in [0, 0.05) is 56.7 Å². The fourth-order valence-electron chi connectivity index (χ4n) is 3.42. The molecular weight excluding hydrogens is 535 g/mol. The third-order valence-electron chi connectivity index (χ3n) is 4.82. The Hall–Kier alpha value is -3.20. The van der Waals surface area contributed by atoms with Gasteiger partial charge in [0.05, 0.1) is 0 Å². The molecule has 0 fully saturated rings. The van der Waals surface area contributed by atoms with Gasteiger partial charge in [-0.1, -0.05) is 29.8 Å². The largest absolute Gasteiger partial charge is 0.304 e. The smallest absolute Gasteiger partial charge is 0.0346 e. The molecule has 4 heteroatoms. The fraction of sp³-hybridized carbons (Fsp3) is 0. The zero-order chi connectivity index (χ0) is 18.8. The van der Waals surface area contributed by atoms with Crippen molar-refractivity contribution in [3.05, 3.63) is 104 Å². The minimum atomic E-state index is 0. The van der Waals surface area contributed by atoms with E-state index < -0.39 is 0 Å². The van der Waals surface area contributed by atoms with Crippen LogP contribution in [0, 0.1) is 6.07 Å². The van der Waals surface area contributed by atoms with E-state index in [9.17, 15) is 0 Å². The Kier molecular flexibility index (Phi) is 5.57. The first-order chi connectivity index (χ1) is 13.9. The number of rotatable bonds is 3. The molecule has 141 valence electrons. The van der Waals surface area contributed by atoms with Crippen molar-refractivity contribution < 1.29 is 20.1 Å². The molecule has 0 bridgehead atoms. The van der Waals surface area contributed by atoms with Gasteiger partial charge in [0.1, 0.15) is 0 Å². The Bertz CT molecular complexity index is 1260. The number of hydrogen-bond donors (Lipinski definition) is 0. The number of fused-ring (bicyclic) bond motifs is 1.